The van der Waals surface area contributed by atoms with E-state index in [4.69, 9.17) is 15.1 Å². The maximum Gasteiger partial charge on any atom is 0.176 e. The van der Waals surface area contributed by atoms with Gasteiger partial charge in [-0.2, -0.15) is 0 Å². The molecule has 0 saturated carbocycles. The number of rotatable bonds is 3. The zero-order valence-electron chi connectivity index (χ0n) is 8.74. The summed E-state index contributed by atoms with van der Waals surface area (Å²) in [5.74, 6) is 6.63. The molecule has 2 N–H and O–H groups in total. The molecular weight excluding hydrogens is 194 g/mol. The van der Waals surface area contributed by atoms with E-state index in [0.717, 1.165) is 28.0 Å². The molecule has 0 amide bonds. The molecule has 0 unspecified atom stereocenters. The predicted octanol–water partition coefficient (Wildman–Crippen LogP) is 2.14. The largest absolute Gasteiger partial charge is 0.493 e. The van der Waals surface area contributed by atoms with Crippen LogP contribution in [0, 0.1) is 6.92 Å². The van der Waals surface area contributed by atoms with Crippen molar-refractivity contribution in [2.24, 2.45) is 5.90 Å². The lowest BCUT2D eigenvalue weighted by atomic mass is 10.1. The number of ether oxygens (including phenoxy) is 1. The maximum absolute atomic E-state index is 5.56. The van der Waals surface area contributed by atoms with Crippen LogP contribution < -0.4 is 10.6 Å². The predicted molar refractivity (Wildman–Crippen MR) is 56.5 cm³/mol. The minimum Gasteiger partial charge on any atom is -0.493 e. The van der Waals surface area contributed by atoms with Crippen LogP contribution in [-0.4, -0.2) is 7.11 Å². The fraction of sp³-hybridized carbons (Fsp3) is 0.273. The SMILES string of the molecule is COc1ccc(CON)c2cc(C)oc12. The summed E-state index contributed by atoms with van der Waals surface area (Å²) in [5, 5.41) is 0.984. The van der Waals surface area contributed by atoms with Crippen molar-refractivity contribution in [2.45, 2.75) is 13.5 Å². The van der Waals surface area contributed by atoms with Gasteiger partial charge in [0, 0.05) is 5.39 Å². The summed E-state index contributed by atoms with van der Waals surface area (Å²) < 4.78 is 10.8. The highest BCUT2D eigenvalue weighted by atomic mass is 16.6. The lowest BCUT2D eigenvalue weighted by molar-refractivity contribution is 0.125. The summed E-state index contributed by atoms with van der Waals surface area (Å²) in [6.07, 6.45) is 0. The lowest BCUT2D eigenvalue weighted by Crippen LogP contribution is -1.99. The van der Waals surface area contributed by atoms with Gasteiger partial charge in [-0.1, -0.05) is 6.07 Å². The molecule has 80 valence electrons. The van der Waals surface area contributed by atoms with Gasteiger partial charge in [0.2, 0.25) is 0 Å². The van der Waals surface area contributed by atoms with Crippen molar-refractivity contribution in [3.63, 3.8) is 0 Å². The second-order valence-electron chi connectivity index (χ2n) is 3.34. The number of hydrogen-bond donors (Lipinski definition) is 1. The van der Waals surface area contributed by atoms with Gasteiger partial charge in [-0.15, -0.1) is 0 Å². The molecule has 0 fully saturated rings. The Morgan fingerprint density at radius 3 is 2.87 bits per heavy atom. The first-order valence-corrected chi connectivity index (χ1v) is 4.64. The van der Waals surface area contributed by atoms with E-state index in [1.807, 2.05) is 25.1 Å². The number of methoxy groups -OCH3 is 1. The Morgan fingerprint density at radius 1 is 1.40 bits per heavy atom. The molecule has 0 radical (unpaired) electrons. The summed E-state index contributed by atoms with van der Waals surface area (Å²) in [7, 11) is 1.62. The Bertz CT molecular complexity index is 476. The molecule has 0 aliphatic rings. The Hall–Kier alpha value is -1.52. The van der Waals surface area contributed by atoms with Gasteiger partial charge >= 0.3 is 0 Å². The van der Waals surface area contributed by atoms with Gasteiger partial charge in [0.1, 0.15) is 5.76 Å². The molecule has 0 aliphatic heterocycles. The van der Waals surface area contributed by atoms with E-state index >= 15 is 0 Å². The normalized spacial score (nSPS) is 10.9. The summed E-state index contributed by atoms with van der Waals surface area (Å²) in [5.41, 5.74) is 1.73. The average Bonchev–Trinajstić information content (AvgIpc) is 2.61. The van der Waals surface area contributed by atoms with Crippen LogP contribution in [0.4, 0.5) is 0 Å². The van der Waals surface area contributed by atoms with Crippen LogP contribution >= 0.6 is 0 Å². The number of benzene rings is 1. The fourth-order valence-corrected chi connectivity index (χ4v) is 1.65. The minimum atomic E-state index is 0.361. The number of aryl methyl sites for hydroxylation is 1. The van der Waals surface area contributed by atoms with Crippen molar-refractivity contribution < 1.29 is 14.0 Å². The molecule has 0 atom stereocenters. The van der Waals surface area contributed by atoms with E-state index in [-0.39, 0.29) is 0 Å². The van der Waals surface area contributed by atoms with Gasteiger partial charge in [-0.25, -0.2) is 5.90 Å². The minimum absolute atomic E-state index is 0.361. The van der Waals surface area contributed by atoms with Crippen LogP contribution in [-0.2, 0) is 11.4 Å². The van der Waals surface area contributed by atoms with Crippen LogP contribution in [0.5, 0.6) is 5.75 Å². The van der Waals surface area contributed by atoms with E-state index in [0.29, 0.717) is 6.61 Å². The molecule has 0 saturated heterocycles. The van der Waals surface area contributed by atoms with Crippen molar-refractivity contribution in [1.29, 1.82) is 0 Å². The smallest absolute Gasteiger partial charge is 0.176 e. The van der Waals surface area contributed by atoms with E-state index in [1.165, 1.54) is 0 Å². The fourth-order valence-electron chi connectivity index (χ4n) is 1.65. The first-order chi connectivity index (χ1) is 7.26. The second kappa shape index (κ2) is 3.92. The highest BCUT2D eigenvalue weighted by Crippen LogP contribution is 2.31. The van der Waals surface area contributed by atoms with Crippen LogP contribution in [0.1, 0.15) is 11.3 Å². The van der Waals surface area contributed by atoms with Crippen molar-refractivity contribution in [3.05, 3.63) is 29.5 Å². The molecule has 2 rings (SSSR count). The first kappa shape index (κ1) is 10.0. The Morgan fingerprint density at radius 2 is 2.20 bits per heavy atom. The lowest BCUT2D eigenvalue weighted by Gasteiger charge is -2.04. The number of fused-ring (bicyclic) bond motifs is 1. The molecule has 4 nitrogen and oxygen atoms in total. The topological polar surface area (TPSA) is 57.6 Å². The molecule has 0 spiro atoms. The summed E-state index contributed by atoms with van der Waals surface area (Å²) >= 11 is 0. The number of hydrogen-bond acceptors (Lipinski definition) is 4. The molecule has 1 aromatic carbocycles. The van der Waals surface area contributed by atoms with Crippen LogP contribution in [0.15, 0.2) is 22.6 Å². The zero-order valence-corrected chi connectivity index (χ0v) is 8.74. The summed E-state index contributed by atoms with van der Waals surface area (Å²) in [6, 6.07) is 5.72. The van der Waals surface area contributed by atoms with Crippen molar-refractivity contribution in [2.75, 3.05) is 7.11 Å². The van der Waals surface area contributed by atoms with Crippen molar-refractivity contribution in [1.82, 2.24) is 0 Å². The summed E-state index contributed by atoms with van der Waals surface area (Å²) in [6.45, 7) is 2.26. The third kappa shape index (κ3) is 1.69. The molecule has 1 aromatic heterocycles. The first-order valence-electron chi connectivity index (χ1n) is 4.64. The van der Waals surface area contributed by atoms with E-state index in [1.54, 1.807) is 7.11 Å². The molecule has 1 heterocycles. The highest BCUT2D eigenvalue weighted by Gasteiger charge is 2.10. The number of nitrogens with two attached hydrogens (primary N) is 1. The molecule has 2 aromatic rings. The third-order valence-corrected chi connectivity index (χ3v) is 2.32. The molecule has 0 bridgehead atoms. The third-order valence-electron chi connectivity index (χ3n) is 2.32. The quantitative estimate of drug-likeness (QED) is 0.783. The molecule has 0 aliphatic carbocycles. The van der Waals surface area contributed by atoms with Gasteiger partial charge in [-0.3, -0.25) is 4.84 Å². The second-order valence-corrected chi connectivity index (χ2v) is 3.34. The molecule has 15 heavy (non-hydrogen) atoms. The van der Waals surface area contributed by atoms with Gasteiger partial charge in [0.25, 0.3) is 0 Å². The maximum atomic E-state index is 5.56. The van der Waals surface area contributed by atoms with Gasteiger partial charge in [-0.05, 0) is 24.6 Å². The molecule has 4 heteroatoms. The van der Waals surface area contributed by atoms with E-state index in [9.17, 15) is 0 Å². The summed E-state index contributed by atoms with van der Waals surface area (Å²) in [4.78, 5) is 4.64. The van der Waals surface area contributed by atoms with Crippen LogP contribution in [0.25, 0.3) is 11.0 Å². The van der Waals surface area contributed by atoms with E-state index in [2.05, 4.69) is 4.84 Å². The monoisotopic (exact) mass is 207 g/mol. The Balaban J connectivity index is 2.65. The molecular formula is C11H13NO3. The van der Waals surface area contributed by atoms with Gasteiger partial charge in [0.05, 0.1) is 13.7 Å². The van der Waals surface area contributed by atoms with Crippen molar-refractivity contribution >= 4 is 11.0 Å². The zero-order chi connectivity index (χ0) is 10.8. The van der Waals surface area contributed by atoms with E-state index < -0.39 is 0 Å². The van der Waals surface area contributed by atoms with Crippen LogP contribution in [0.3, 0.4) is 0 Å². The highest BCUT2D eigenvalue weighted by molar-refractivity contribution is 5.86. The number of furan rings is 1. The van der Waals surface area contributed by atoms with Crippen molar-refractivity contribution in [3.8, 4) is 5.75 Å². The van der Waals surface area contributed by atoms with Gasteiger partial charge in [0.15, 0.2) is 11.3 Å². The van der Waals surface area contributed by atoms with Gasteiger partial charge < -0.3 is 9.15 Å². The standard InChI is InChI=1S/C11H13NO3/c1-7-5-9-8(6-14-12)3-4-10(13-2)11(9)15-7/h3-5H,6,12H2,1-2H3. The van der Waals surface area contributed by atoms with Crippen LogP contribution in [0.2, 0.25) is 0 Å². The Kier molecular flexibility index (Phi) is 2.62. The average molecular weight is 207 g/mol. The Labute approximate surface area is 87.5 Å².